The maximum absolute atomic E-state index is 4.68. The van der Waals surface area contributed by atoms with Crippen LogP contribution >= 0.6 is 0 Å². The Morgan fingerprint density at radius 2 is 2.20 bits per heavy atom. The Balaban J connectivity index is 1.52. The molecule has 0 bridgehead atoms. The summed E-state index contributed by atoms with van der Waals surface area (Å²) in [5, 5.41) is 19.6. The first kappa shape index (κ1) is 17.4. The lowest BCUT2D eigenvalue weighted by Gasteiger charge is -2.11. The largest absolute Gasteiger partial charge is 0.357 e. The third kappa shape index (κ3) is 5.04. The first-order valence-electron chi connectivity index (χ1n) is 9.27. The van der Waals surface area contributed by atoms with Gasteiger partial charge in [-0.3, -0.25) is 4.68 Å². The number of hydrogen-bond acceptors (Lipinski definition) is 4. The number of guanidine groups is 1. The molecule has 0 amide bonds. The van der Waals surface area contributed by atoms with Crippen LogP contribution in [0.3, 0.4) is 0 Å². The Labute approximate surface area is 148 Å². The smallest absolute Gasteiger partial charge is 0.191 e. The van der Waals surface area contributed by atoms with Crippen LogP contribution in [0.25, 0.3) is 0 Å². The Morgan fingerprint density at radius 1 is 1.24 bits per heavy atom. The minimum atomic E-state index is 0.557. The van der Waals surface area contributed by atoms with Gasteiger partial charge in [0, 0.05) is 45.0 Å². The summed E-state index contributed by atoms with van der Waals surface area (Å²) in [5.74, 6) is 2.90. The molecule has 0 atom stereocenters. The first-order valence-corrected chi connectivity index (χ1v) is 9.27. The Morgan fingerprint density at radius 3 is 3.04 bits per heavy atom. The van der Waals surface area contributed by atoms with Gasteiger partial charge in [0.05, 0.1) is 0 Å². The van der Waals surface area contributed by atoms with Crippen molar-refractivity contribution >= 4 is 5.96 Å². The molecule has 2 aromatic heterocycles. The molecule has 0 radical (unpaired) electrons. The molecule has 1 aliphatic heterocycles. The highest BCUT2D eigenvalue weighted by molar-refractivity contribution is 5.79. The average Bonchev–Trinajstić information content (AvgIpc) is 3.21. The molecule has 0 unspecified atom stereocenters. The molecule has 8 nitrogen and oxygen atoms in total. The maximum atomic E-state index is 4.68. The van der Waals surface area contributed by atoms with Crippen molar-refractivity contribution in [2.24, 2.45) is 4.99 Å². The van der Waals surface area contributed by atoms with E-state index in [2.05, 4.69) is 42.4 Å². The van der Waals surface area contributed by atoms with Gasteiger partial charge in [0.2, 0.25) is 0 Å². The van der Waals surface area contributed by atoms with E-state index in [1.165, 1.54) is 19.3 Å². The van der Waals surface area contributed by atoms with Crippen LogP contribution in [0.15, 0.2) is 23.5 Å². The van der Waals surface area contributed by atoms with E-state index in [0.29, 0.717) is 6.54 Å². The van der Waals surface area contributed by atoms with Crippen molar-refractivity contribution in [1.29, 1.82) is 0 Å². The Kier molecular flexibility index (Phi) is 6.42. The second kappa shape index (κ2) is 9.19. The summed E-state index contributed by atoms with van der Waals surface area (Å²) in [6, 6.07) is 1.94. The van der Waals surface area contributed by atoms with Crippen LogP contribution < -0.4 is 10.6 Å². The number of fused-ring (bicyclic) bond motifs is 1. The number of aryl methyl sites for hydroxylation is 2. The van der Waals surface area contributed by atoms with E-state index in [1.54, 1.807) is 6.20 Å². The number of hydrogen-bond donors (Lipinski definition) is 2. The monoisotopic (exact) mass is 344 g/mol. The molecule has 25 heavy (non-hydrogen) atoms. The Hall–Kier alpha value is -2.38. The molecule has 0 aliphatic carbocycles. The molecule has 0 aromatic carbocycles. The van der Waals surface area contributed by atoms with E-state index in [-0.39, 0.29) is 0 Å². The number of rotatable bonds is 7. The first-order chi connectivity index (χ1) is 12.4. The summed E-state index contributed by atoms with van der Waals surface area (Å²) in [4.78, 5) is 4.68. The number of aliphatic imine (C=N–C) groups is 1. The van der Waals surface area contributed by atoms with Crippen molar-refractivity contribution < 1.29 is 0 Å². The van der Waals surface area contributed by atoms with Gasteiger partial charge in [0.15, 0.2) is 11.8 Å². The van der Waals surface area contributed by atoms with Crippen molar-refractivity contribution in [3.8, 4) is 0 Å². The molecule has 3 heterocycles. The van der Waals surface area contributed by atoms with Crippen LogP contribution in [0.2, 0.25) is 0 Å². The van der Waals surface area contributed by atoms with E-state index in [4.69, 9.17) is 0 Å². The van der Waals surface area contributed by atoms with Crippen molar-refractivity contribution in [3.63, 3.8) is 0 Å². The Bertz CT molecular complexity index is 658. The second-order valence-electron chi connectivity index (χ2n) is 6.24. The van der Waals surface area contributed by atoms with Gasteiger partial charge in [-0.15, -0.1) is 10.2 Å². The molecule has 3 rings (SSSR count). The predicted molar refractivity (Wildman–Crippen MR) is 97.2 cm³/mol. The van der Waals surface area contributed by atoms with Gasteiger partial charge in [-0.05, 0) is 32.3 Å². The molecule has 136 valence electrons. The van der Waals surface area contributed by atoms with E-state index >= 15 is 0 Å². The number of nitrogens with one attached hydrogen (secondary N) is 2. The topological polar surface area (TPSA) is 85.0 Å². The SMILES string of the molecule is CCNC(=NCc1nnc2n1CCCCC2)NCCCn1cccn1. The summed E-state index contributed by atoms with van der Waals surface area (Å²) in [6.07, 6.45) is 9.49. The number of aromatic nitrogens is 5. The zero-order valence-corrected chi connectivity index (χ0v) is 15.0. The molecule has 2 aromatic rings. The quantitative estimate of drug-likeness (QED) is 0.450. The van der Waals surface area contributed by atoms with Gasteiger partial charge in [-0.1, -0.05) is 6.42 Å². The van der Waals surface area contributed by atoms with Crippen LogP contribution in [-0.2, 0) is 26.1 Å². The molecule has 0 saturated heterocycles. The third-order valence-corrected chi connectivity index (χ3v) is 4.32. The van der Waals surface area contributed by atoms with E-state index in [1.807, 2.05) is 16.9 Å². The average molecular weight is 344 g/mol. The van der Waals surface area contributed by atoms with Gasteiger partial charge < -0.3 is 15.2 Å². The van der Waals surface area contributed by atoms with Crippen LogP contribution in [0.1, 0.15) is 44.3 Å². The molecular weight excluding hydrogens is 316 g/mol. The summed E-state index contributed by atoms with van der Waals surface area (Å²) < 4.78 is 4.19. The minimum absolute atomic E-state index is 0.557. The zero-order valence-electron chi connectivity index (χ0n) is 15.0. The minimum Gasteiger partial charge on any atom is -0.357 e. The fraction of sp³-hybridized carbons (Fsp3) is 0.647. The van der Waals surface area contributed by atoms with E-state index in [0.717, 1.165) is 56.6 Å². The highest BCUT2D eigenvalue weighted by Crippen LogP contribution is 2.14. The van der Waals surface area contributed by atoms with Crippen LogP contribution in [-0.4, -0.2) is 43.6 Å². The number of nitrogens with zero attached hydrogens (tertiary/aromatic N) is 6. The fourth-order valence-electron chi connectivity index (χ4n) is 3.03. The molecule has 0 fully saturated rings. The summed E-state index contributed by atoms with van der Waals surface area (Å²) in [6.45, 7) is 6.23. The molecule has 0 spiro atoms. The molecule has 0 saturated carbocycles. The van der Waals surface area contributed by atoms with Crippen molar-refractivity contribution in [2.45, 2.75) is 58.7 Å². The van der Waals surface area contributed by atoms with Gasteiger partial charge in [-0.2, -0.15) is 5.10 Å². The van der Waals surface area contributed by atoms with Crippen LogP contribution in [0.5, 0.6) is 0 Å². The van der Waals surface area contributed by atoms with E-state index < -0.39 is 0 Å². The van der Waals surface area contributed by atoms with Crippen molar-refractivity contribution in [3.05, 3.63) is 30.1 Å². The van der Waals surface area contributed by atoms with Crippen LogP contribution in [0.4, 0.5) is 0 Å². The fourth-order valence-corrected chi connectivity index (χ4v) is 3.03. The molecule has 1 aliphatic rings. The summed E-state index contributed by atoms with van der Waals surface area (Å²) in [7, 11) is 0. The van der Waals surface area contributed by atoms with Crippen LogP contribution in [0, 0.1) is 0 Å². The van der Waals surface area contributed by atoms with Gasteiger partial charge in [-0.25, -0.2) is 4.99 Å². The third-order valence-electron chi connectivity index (χ3n) is 4.32. The lowest BCUT2D eigenvalue weighted by Crippen LogP contribution is -2.38. The second-order valence-corrected chi connectivity index (χ2v) is 6.24. The normalized spacial score (nSPS) is 14.8. The van der Waals surface area contributed by atoms with Gasteiger partial charge >= 0.3 is 0 Å². The molecule has 8 heteroatoms. The zero-order chi connectivity index (χ0) is 17.3. The maximum Gasteiger partial charge on any atom is 0.191 e. The molecular formula is C17H28N8. The summed E-state index contributed by atoms with van der Waals surface area (Å²) in [5.41, 5.74) is 0. The van der Waals surface area contributed by atoms with Crippen molar-refractivity contribution in [2.75, 3.05) is 13.1 Å². The lowest BCUT2D eigenvalue weighted by atomic mass is 10.2. The standard InChI is InChI=1S/C17H28N8/c1-2-18-17(19-9-6-11-24-12-7-10-21-24)20-14-16-23-22-15-8-4-3-5-13-25(15)16/h7,10,12H,2-6,8-9,11,13-14H2,1H3,(H2,18,19,20). The van der Waals surface area contributed by atoms with E-state index in [9.17, 15) is 0 Å². The van der Waals surface area contributed by atoms with Crippen molar-refractivity contribution in [1.82, 2.24) is 35.2 Å². The summed E-state index contributed by atoms with van der Waals surface area (Å²) >= 11 is 0. The highest BCUT2D eigenvalue weighted by atomic mass is 15.3. The predicted octanol–water partition coefficient (Wildman–Crippen LogP) is 1.35. The molecule has 2 N–H and O–H groups in total. The highest BCUT2D eigenvalue weighted by Gasteiger charge is 2.14. The lowest BCUT2D eigenvalue weighted by molar-refractivity contribution is 0.569. The van der Waals surface area contributed by atoms with Gasteiger partial charge in [0.1, 0.15) is 12.4 Å². The van der Waals surface area contributed by atoms with Gasteiger partial charge in [0.25, 0.3) is 0 Å².